The third kappa shape index (κ3) is 4.05. The molecule has 1 aromatic heterocycles. The molecular weight excluding hydrogens is 322 g/mol. The van der Waals surface area contributed by atoms with Gasteiger partial charge in [0.25, 0.3) is 11.5 Å². The Bertz CT molecular complexity index is 810. The second-order valence-corrected chi connectivity index (χ2v) is 6.62. The molecule has 7 heteroatoms. The Morgan fingerprint density at radius 3 is 2.80 bits per heavy atom. The number of benzene rings is 1. The highest BCUT2D eigenvalue weighted by Gasteiger charge is 2.20. The van der Waals surface area contributed by atoms with E-state index in [2.05, 4.69) is 10.6 Å². The molecule has 25 heavy (non-hydrogen) atoms. The lowest BCUT2D eigenvalue weighted by Crippen LogP contribution is -2.35. The average Bonchev–Trinajstić information content (AvgIpc) is 2.62. The zero-order valence-corrected chi connectivity index (χ0v) is 14.5. The molecule has 2 heterocycles. The van der Waals surface area contributed by atoms with Crippen LogP contribution in [0.15, 0.2) is 29.1 Å². The van der Waals surface area contributed by atoms with E-state index in [0.717, 1.165) is 19.3 Å². The molecule has 1 saturated heterocycles. The molecule has 1 aromatic carbocycles. The summed E-state index contributed by atoms with van der Waals surface area (Å²) in [5, 5.41) is 5.26. The van der Waals surface area contributed by atoms with Crippen LogP contribution >= 0.6 is 0 Å². The van der Waals surface area contributed by atoms with Gasteiger partial charge in [-0.2, -0.15) is 5.10 Å². The van der Waals surface area contributed by atoms with Crippen molar-refractivity contribution in [3.63, 3.8) is 0 Å². The molecule has 0 bridgehead atoms. The molecule has 1 aliphatic rings. The predicted octanol–water partition coefficient (Wildman–Crippen LogP) is 2.24. The number of aromatic nitrogens is 2. The van der Waals surface area contributed by atoms with Gasteiger partial charge in [0.05, 0.1) is 5.39 Å². The van der Waals surface area contributed by atoms with Gasteiger partial charge >= 0.3 is 0 Å². The molecule has 1 aliphatic heterocycles. The Morgan fingerprint density at radius 2 is 2.12 bits per heavy atom. The van der Waals surface area contributed by atoms with Gasteiger partial charge in [-0.3, -0.25) is 9.59 Å². The minimum atomic E-state index is -0.483. The van der Waals surface area contributed by atoms with Crippen LogP contribution in [0.5, 0.6) is 0 Å². The molecule has 1 N–H and O–H groups in total. The highest BCUT2D eigenvalue weighted by atomic mass is 16.8. The topological polar surface area (TPSA) is 82.5 Å². The molecule has 0 spiro atoms. The zero-order valence-electron chi connectivity index (χ0n) is 14.5. The molecule has 0 saturated carbocycles. The first-order valence-electron chi connectivity index (χ1n) is 8.63. The number of nitrogens with one attached hydrogen (secondary N) is 1. The minimum Gasteiger partial charge on any atom is -0.350 e. The van der Waals surface area contributed by atoms with Crippen LogP contribution in [-0.2, 0) is 16.1 Å². The van der Waals surface area contributed by atoms with Crippen LogP contribution in [0.4, 0.5) is 0 Å². The summed E-state index contributed by atoms with van der Waals surface area (Å²) in [6.45, 7) is 5.05. The maximum Gasteiger partial charge on any atom is 0.296 e. The fourth-order valence-electron chi connectivity index (χ4n) is 2.84. The molecule has 0 unspecified atom stereocenters. The summed E-state index contributed by atoms with van der Waals surface area (Å²) in [4.78, 5) is 30.5. The zero-order chi connectivity index (χ0) is 17.8. The molecule has 3 rings (SSSR count). The number of rotatable bonds is 5. The van der Waals surface area contributed by atoms with Crippen LogP contribution in [-0.4, -0.2) is 28.6 Å². The number of carbonyl (C=O) groups is 1. The Hall–Kier alpha value is -2.25. The highest BCUT2D eigenvalue weighted by molar-refractivity contribution is 6.04. The van der Waals surface area contributed by atoms with Crippen molar-refractivity contribution in [3.05, 3.63) is 40.3 Å². The second kappa shape index (κ2) is 7.76. The number of amides is 1. The summed E-state index contributed by atoms with van der Waals surface area (Å²) in [6.07, 6.45) is 2.30. The number of hydrogen-bond acceptors (Lipinski definition) is 5. The number of ether oxygens (including phenoxy) is 1. The third-order valence-electron chi connectivity index (χ3n) is 4.04. The summed E-state index contributed by atoms with van der Waals surface area (Å²) in [6, 6.07) is 6.98. The van der Waals surface area contributed by atoms with Crippen molar-refractivity contribution in [2.24, 2.45) is 5.92 Å². The van der Waals surface area contributed by atoms with Crippen molar-refractivity contribution in [2.75, 3.05) is 6.61 Å². The molecular formula is C18H23N3O4. The largest absolute Gasteiger partial charge is 0.350 e. The van der Waals surface area contributed by atoms with E-state index in [4.69, 9.17) is 9.57 Å². The van der Waals surface area contributed by atoms with Gasteiger partial charge in [0, 0.05) is 25.0 Å². The Kier molecular flexibility index (Phi) is 5.45. The lowest BCUT2D eigenvalue weighted by molar-refractivity contribution is -0.186. The molecule has 1 fully saturated rings. The van der Waals surface area contributed by atoms with E-state index in [0.29, 0.717) is 23.9 Å². The summed E-state index contributed by atoms with van der Waals surface area (Å²) < 4.78 is 6.78. The van der Waals surface area contributed by atoms with E-state index in [1.807, 2.05) is 13.8 Å². The van der Waals surface area contributed by atoms with Crippen molar-refractivity contribution in [1.29, 1.82) is 0 Å². The van der Waals surface area contributed by atoms with Crippen LogP contribution in [0.2, 0.25) is 0 Å². The van der Waals surface area contributed by atoms with Crippen molar-refractivity contribution in [3.8, 4) is 0 Å². The number of carbonyl (C=O) groups excluding carboxylic acids is 1. The molecule has 0 radical (unpaired) electrons. The fraction of sp³-hybridized carbons (Fsp3) is 0.500. The van der Waals surface area contributed by atoms with Gasteiger partial charge in [0.2, 0.25) is 0 Å². The number of hydroxylamine groups is 1. The number of fused-ring (bicyclic) bond motifs is 1. The van der Waals surface area contributed by atoms with Gasteiger partial charge < -0.3 is 4.74 Å². The van der Waals surface area contributed by atoms with Gasteiger partial charge in [-0.25, -0.2) is 15.0 Å². The van der Waals surface area contributed by atoms with Crippen LogP contribution in [0.25, 0.3) is 10.8 Å². The fourth-order valence-corrected chi connectivity index (χ4v) is 2.84. The Balaban J connectivity index is 1.89. The molecule has 2 aromatic rings. The second-order valence-electron chi connectivity index (χ2n) is 6.62. The van der Waals surface area contributed by atoms with E-state index in [1.165, 1.54) is 4.68 Å². The number of nitrogens with zero attached hydrogens (tertiary/aromatic N) is 2. The average molecular weight is 345 g/mol. The van der Waals surface area contributed by atoms with E-state index in [9.17, 15) is 9.59 Å². The van der Waals surface area contributed by atoms with Crippen molar-refractivity contribution >= 4 is 16.7 Å². The van der Waals surface area contributed by atoms with Gasteiger partial charge in [-0.1, -0.05) is 32.0 Å². The molecule has 1 amide bonds. The quantitative estimate of drug-likeness (QED) is 0.841. The Labute approximate surface area is 145 Å². The summed E-state index contributed by atoms with van der Waals surface area (Å²) >= 11 is 0. The first kappa shape index (κ1) is 17.6. The van der Waals surface area contributed by atoms with Crippen LogP contribution in [0.1, 0.15) is 43.6 Å². The first-order chi connectivity index (χ1) is 12.1. The van der Waals surface area contributed by atoms with Gasteiger partial charge in [-0.15, -0.1) is 0 Å². The lowest BCUT2D eigenvalue weighted by Gasteiger charge is -2.22. The Morgan fingerprint density at radius 1 is 1.36 bits per heavy atom. The van der Waals surface area contributed by atoms with E-state index >= 15 is 0 Å². The van der Waals surface area contributed by atoms with Crippen LogP contribution in [0, 0.1) is 5.92 Å². The van der Waals surface area contributed by atoms with Crippen LogP contribution in [0.3, 0.4) is 0 Å². The van der Waals surface area contributed by atoms with Gasteiger partial charge in [0.15, 0.2) is 12.0 Å². The summed E-state index contributed by atoms with van der Waals surface area (Å²) in [5.74, 6) is -0.253. The normalized spacial score (nSPS) is 17.8. The number of hydrogen-bond donors (Lipinski definition) is 1. The monoisotopic (exact) mass is 345 g/mol. The standard InChI is InChI=1S/C18H23N3O4/c1-12(2)11-21-18(23)14-8-4-3-7-13(14)16(19-21)17(22)20-25-15-9-5-6-10-24-15/h3-4,7-8,12,15H,5-6,9-11H2,1-2H3,(H,20,22)/t15-/m0/s1. The molecule has 0 aliphatic carbocycles. The first-order valence-corrected chi connectivity index (χ1v) is 8.63. The van der Waals surface area contributed by atoms with E-state index < -0.39 is 12.2 Å². The summed E-state index contributed by atoms with van der Waals surface area (Å²) in [7, 11) is 0. The van der Waals surface area contributed by atoms with Gasteiger partial charge in [0.1, 0.15) is 0 Å². The minimum absolute atomic E-state index is 0.173. The molecule has 134 valence electrons. The maximum absolute atomic E-state index is 12.6. The van der Waals surface area contributed by atoms with Crippen LogP contribution < -0.4 is 11.0 Å². The van der Waals surface area contributed by atoms with E-state index in [1.54, 1.807) is 24.3 Å². The van der Waals surface area contributed by atoms with E-state index in [-0.39, 0.29) is 17.2 Å². The van der Waals surface area contributed by atoms with Crippen molar-refractivity contribution in [1.82, 2.24) is 15.3 Å². The highest BCUT2D eigenvalue weighted by Crippen LogP contribution is 2.15. The lowest BCUT2D eigenvalue weighted by atomic mass is 10.1. The maximum atomic E-state index is 12.6. The predicted molar refractivity (Wildman–Crippen MR) is 93.0 cm³/mol. The summed E-state index contributed by atoms with van der Waals surface area (Å²) in [5.41, 5.74) is 2.39. The third-order valence-corrected chi connectivity index (χ3v) is 4.04. The van der Waals surface area contributed by atoms with Crippen molar-refractivity contribution < 1.29 is 14.4 Å². The smallest absolute Gasteiger partial charge is 0.296 e. The van der Waals surface area contributed by atoms with Gasteiger partial charge in [-0.05, 0) is 24.8 Å². The van der Waals surface area contributed by atoms with Crippen molar-refractivity contribution in [2.45, 2.75) is 45.9 Å². The molecule has 7 nitrogen and oxygen atoms in total. The SMILES string of the molecule is CC(C)Cn1nc(C(=O)NO[C@H]2CCCCO2)c2ccccc2c1=O. The molecule has 1 atom stereocenters.